The van der Waals surface area contributed by atoms with E-state index in [0.717, 1.165) is 25.9 Å². The molecule has 0 N–H and O–H groups in total. The number of hydrogen-bond donors (Lipinski definition) is 0. The third-order valence-electron chi connectivity index (χ3n) is 3.40. The van der Waals surface area contributed by atoms with Crippen molar-refractivity contribution in [2.24, 2.45) is 0 Å². The summed E-state index contributed by atoms with van der Waals surface area (Å²) in [5, 5.41) is 16.8. The Bertz CT molecular complexity index is 562. The maximum absolute atomic E-state index is 8.67. The highest BCUT2D eigenvalue weighted by Crippen LogP contribution is 2.29. The second-order valence-corrected chi connectivity index (χ2v) is 4.63. The van der Waals surface area contributed by atoms with Crippen molar-refractivity contribution in [3.05, 3.63) is 24.3 Å². The monoisotopic (exact) mass is 258 g/mol. The number of aromatic nitrogens is 2. The quantitative estimate of drug-likeness (QED) is 0.784. The normalized spacial score (nSPS) is 17.4. The number of rotatable bonds is 3. The summed E-state index contributed by atoms with van der Waals surface area (Å²) in [6.45, 7) is 2.29. The van der Waals surface area contributed by atoms with Gasteiger partial charge in [0.25, 0.3) is 5.89 Å². The van der Waals surface area contributed by atoms with Gasteiger partial charge in [0.1, 0.15) is 0 Å². The maximum Gasteiger partial charge on any atom is 0.283 e. The van der Waals surface area contributed by atoms with Gasteiger partial charge in [-0.25, -0.2) is 0 Å². The highest BCUT2D eigenvalue weighted by atomic mass is 16.4. The molecule has 0 unspecified atom stereocenters. The lowest BCUT2D eigenvalue weighted by molar-refractivity contribution is 0.220. The Kier molecular flexibility index (Phi) is 3.29. The molecule has 0 saturated carbocycles. The lowest BCUT2D eigenvalue weighted by atomic mass is 9.97. The molecule has 2 aromatic heterocycles. The van der Waals surface area contributed by atoms with E-state index in [1.54, 1.807) is 18.4 Å². The number of hydrogen-bond acceptors (Lipinski definition) is 6. The number of nitriles is 1. The molecule has 0 spiro atoms. The molecule has 0 bridgehead atoms. The van der Waals surface area contributed by atoms with E-state index in [4.69, 9.17) is 14.1 Å². The molecule has 1 fully saturated rings. The molecule has 6 nitrogen and oxygen atoms in total. The van der Waals surface area contributed by atoms with E-state index in [1.807, 2.05) is 0 Å². The van der Waals surface area contributed by atoms with Gasteiger partial charge in [0.2, 0.25) is 5.89 Å². The first kappa shape index (κ1) is 11.9. The Hall–Kier alpha value is -2.13. The molecule has 0 radical (unpaired) electrons. The lowest BCUT2D eigenvalue weighted by Crippen LogP contribution is -2.33. The molecule has 3 heterocycles. The Balaban J connectivity index is 1.66. The summed E-state index contributed by atoms with van der Waals surface area (Å²) in [6, 6.07) is 5.77. The molecule has 0 amide bonds. The second-order valence-electron chi connectivity index (χ2n) is 4.63. The molecule has 3 rings (SSSR count). The molecular formula is C13H14N4O2. The van der Waals surface area contributed by atoms with Crippen LogP contribution >= 0.6 is 0 Å². The smallest absolute Gasteiger partial charge is 0.283 e. The molecule has 2 aromatic rings. The van der Waals surface area contributed by atoms with Crippen LogP contribution in [0.25, 0.3) is 11.7 Å². The summed E-state index contributed by atoms with van der Waals surface area (Å²) in [7, 11) is 0. The lowest BCUT2D eigenvalue weighted by Gasteiger charge is -2.28. The summed E-state index contributed by atoms with van der Waals surface area (Å²) in [5.41, 5.74) is 0. The maximum atomic E-state index is 8.67. The van der Waals surface area contributed by atoms with Crippen molar-refractivity contribution >= 4 is 0 Å². The molecule has 0 atom stereocenters. The van der Waals surface area contributed by atoms with Gasteiger partial charge in [0.05, 0.1) is 18.9 Å². The largest absolute Gasteiger partial charge is 0.459 e. The Labute approximate surface area is 110 Å². The first-order chi connectivity index (χ1) is 9.36. The molecule has 6 heteroatoms. The van der Waals surface area contributed by atoms with Crippen LogP contribution in [0.15, 0.2) is 27.2 Å². The fourth-order valence-electron chi connectivity index (χ4n) is 2.34. The molecule has 0 aliphatic carbocycles. The number of piperidine rings is 1. The van der Waals surface area contributed by atoms with Crippen LogP contribution in [0, 0.1) is 11.3 Å². The van der Waals surface area contributed by atoms with Gasteiger partial charge in [-0.05, 0) is 38.1 Å². The van der Waals surface area contributed by atoms with Crippen molar-refractivity contribution in [1.29, 1.82) is 5.26 Å². The van der Waals surface area contributed by atoms with E-state index in [0.29, 0.717) is 24.1 Å². The molecule has 0 aromatic carbocycles. The van der Waals surface area contributed by atoms with Gasteiger partial charge in [0.15, 0.2) is 5.76 Å². The van der Waals surface area contributed by atoms with Crippen molar-refractivity contribution in [1.82, 2.24) is 15.1 Å². The Morgan fingerprint density at radius 1 is 1.37 bits per heavy atom. The topological polar surface area (TPSA) is 79.1 Å². The van der Waals surface area contributed by atoms with E-state index in [-0.39, 0.29) is 5.92 Å². The summed E-state index contributed by atoms with van der Waals surface area (Å²) in [6.07, 6.45) is 3.47. The predicted molar refractivity (Wildman–Crippen MR) is 66.0 cm³/mol. The van der Waals surface area contributed by atoms with Gasteiger partial charge in [-0.1, -0.05) is 0 Å². The van der Waals surface area contributed by atoms with Crippen molar-refractivity contribution in [2.45, 2.75) is 18.8 Å². The minimum Gasteiger partial charge on any atom is -0.459 e. The summed E-state index contributed by atoms with van der Waals surface area (Å²) in [5.74, 6) is 1.98. The van der Waals surface area contributed by atoms with Gasteiger partial charge < -0.3 is 8.83 Å². The van der Waals surface area contributed by atoms with Crippen LogP contribution in [0.4, 0.5) is 0 Å². The van der Waals surface area contributed by atoms with E-state index >= 15 is 0 Å². The molecule has 98 valence electrons. The second kappa shape index (κ2) is 5.24. The van der Waals surface area contributed by atoms with Crippen LogP contribution in [-0.2, 0) is 0 Å². The molecule has 1 saturated heterocycles. The van der Waals surface area contributed by atoms with Gasteiger partial charge in [0, 0.05) is 5.92 Å². The first-order valence-corrected chi connectivity index (χ1v) is 6.33. The summed E-state index contributed by atoms with van der Waals surface area (Å²) in [4.78, 5) is 2.14. The molecule has 1 aliphatic rings. The third-order valence-corrected chi connectivity index (χ3v) is 3.40. The van der Waals surface area contributed by atoms with Crippen molar-refractivity contribution in [3.8, 4) is 17.7 Å². The zero-order valence-electron chi connectivity index (χ0n) is 10.5. The highest BCUT2D eigenvalue weighted by molar-refractivity contribution is 5.42. The number of furan rings is 1. The van der Waals surface area contributed by atoms with Gasteiger partial charge in [-0.3, -0.25) is 4.90 Å². The predicted octanol–water partition coefficient (Wildman–Crippen LogP) is 2.03. The minimum atomic E-state index is 0.283. The molecule has 19 heavy (non-hydrogen) atoms. The molecular weight excluding hydrogens is 244 g/mol. The van der Waals surface area contributed by atoms with E-state index < -0.39 is 0 Å². The van der Waals surface area contributed by atoms with E-state index in [2.05, 4.69) is 21.2 Å². The minimum absolute atomic E-state index is 0.283. The zero-order valence-corrected chi connectivity index (χ0v) is 10.5. The van der Waals surface area contributed by atoms with Crippen LogP contribution in [0.1, 0.15) is 24.7 Å². The van der Waals surface area contributed by atoms with Crippen molar-refractivity contribution in [3.63, 3.8) is 0 Å². The first-order valence-electron chi connectivity index (χ1n) is 6.33. The fourth-order valence-corrected chi connectivity index (χ4v) is 2.34. The Morgan fingerprint density at radius 3 is 2.89 bits per heavy atom. The van der Waals surface area contributed by atoms with Crippen LogP contribution in [0.2, 0.25) is 0 Å². The summed E-state index contributed by atoms with van der Waals surface area (Å²) < 4.78 is 10.9. The SMILES string of the molecule is N#CCN1CCC(c2nnc(-c3ccco3)o2)CC1. The summed E-state index contributed by atoms with van der Waals surface area (Å²) >= 11 is 0. The Morgan fingerprint density at radius 2 is 2.21 bits per heavy atom. The van der Waals surface area contributed by atoms with E-state index in [9.17, 15) is 0 Å². The van der Waals surface area contributed by atoms with Gasteiger partial charge in [-0.2, -0.15) is 5.26 Å². The van der Waals surface area contributed by atoms with Crippen LogP contribution in [-0.4, -0.2) is 34.7 Å². The zero-order chi connectivity index (χ0) is 13.1. The standard InChI is InChI=1S/C13H14N4O2/c14-5-8-17-6-3-10(4-7-17)12-15-16-13(19-12)11-2-1-9-18-11/h1-2,9-10H,3-4,6-8H2. The number of nitrogens with zero attached hydrogens (tertiary/aromatic N) is 4. The fraction of sp³-hybridized carbons (Fsp3) is 0.462. The van der Waals surface area contributed by atoms with Crippen molar-refractivity contribution < 1.29 is 8.83 Å². The third kappa shape index (κ3) is 2.51. The van der Waals surface area contributed by atoms with Gasteiger partial charge in [-0.15, -0.1) is 10.2 Å². The van der Waals surface area contributed by atoms with Crippen molar-refractivity contribution in [2.75, 3.05) is 19.6 Å². The number of likely N-dealkylation sites (tertiary alicyclic amines) is 1. The van der Waals surface area contributed by atoms with Crippen LogP contribution in [0.5, 0.6) is 0 Å². The average Bonchev–Trinajstić information content (AvgIpc) is 3.11. The molecule has 1 aliphatic heterocycles. The van der Waals surface area contributed by atoms with Crippen LogP contribution < -0.4 is 0 Å². The highest BCUT2D eigenvalue weighted by Gasteiger charge is 2.25. The van der Waals surface area contributed by atoms with E-state index in [1.165, 1.54) is 0 Å². The average molecular weight is 258 g/mol. The van der Waals surface area contributed by atoms with Gasteiger partial charge >= 0.3 is 0 Å². The van der Waals surface area contributed by atoms with Crippen LogP contribution in [0.3, 0.4) is 0 Å².